The Hall–Kier alpha value is -1.46. The van der Waals surface area contributed by atoms with E-state index in [-0.39, 0.29) is 55.4 Å². The molecule has 2 amide bonds. The summed E-state index contributed by atoms with van der Waals surface area (Å²) in [6.45, 7) is -0.248. The third-order valence-electron chi connectivity index (χ3n) is 3.72. The molecule has 2 atom stereocenters. The molecule has 3 heterocycles. The fourth-order valence-corrected chi connectivity index (χ4v) is 3.26. The number of cyclic esters (lactones) is 1. The second-order valence-corrected chi connectivity index (χ2v) is 6.38. The third kappa shape index (κ3) is 3.87. The maximum atomic E-state index is 12.4. The molecule has 0 aliphatic carbocycles. The number of hydrogen-bond donors (Lipinski definition) is 1. The van der Waals surface area contributed by atoms with Gasteiger partial charge in [0.2, 0.25) is 5.91 Å². The summed E-state index contributed by atoms with van der Waals surface area (Å²) in [6.07, 6.45) is -0.339. The standard InChI is InChI=1S/C14H14N2O7S.Na/c17-10(6-8-2-1-5-24-8)15-9-7-22-16(12(9)19)14(13(20)21)4-3-11(18)23-14;/h1-2,5,9H,3-4,6-7H2,(H,15,17)(H,20,21);/q;+1/p-1/t9-,14?;/m0./s1. The van der Waals surface area contributed by atoms with E-state index in [4.69, 9.17) is 9.57 Å². The van der Waals surface area contributed by atoms with E-state index in [1.165, 1.54) is 11.3 Å². The molecular weight excluding hydrogens is 363 g/mol. The van der Waals surface area contributed by atoms with Crippen LogP contribution in [-0.4, -0.2) is 47.2 Å². The molecule has 0 bridgehead atoms. The van der Waals surface area contributed by atoms with Crippen molar-refractivity contribution in [3.63, 3.8) is 0 Å². The SMILES string of the molecule is O=C(Cc1cccs1)N[C@H]1CON(C2(C(=O)[O-])CCC(=O)O2)C1=O.[Na+]. The monoisotopic (exact) mass is 376 g/mol. The number of nitrogens with zero attached hydrogens (tertiary/aromatic N) is 1. The predicted octanol–water partition coefficient (Wildman–Crippen LogP) is -4.66. The minimum atomic E-state index is -2.28. The molecule has 128 valence electrons. The second-order valence-electron chi connectivity index (χ2n) is 5.35. The Morgan fingerprint density at radius 2 is 2.20 bits per heavy atom. The number of nitrogens with one attached hydrogen (secondary N) is 1. The minimum Gasteiger partial charge on any atom is -0.544 e. The van der Waals surface area contributed by atoms with Gasteiger partial charge in [-0.25, -0.2) is 0 Å². The average molecular weight is 376 g/mol. The number of carbonyl (C=O) groups excluding carboxylic acids is 4. The molecule has 1 N–H and O–H groups in total. The molecule has 0 radical (unpaired) electrons. The van der Waals surface area contributed by atoms with Gasteiger partial charge in [0, 0.05) is 11.3 Å². The van der Waals surface area contributed by atoms with Gasteiger partial charge in [-0.3, -0.25) is 19.2 Å². The zero-order valence-electron chi connectivity index (χ0n) is 13.4. The van der Waals surface area contributed by atoms with E-state index in [9.17, 15) is 24.3 Å². The number of aliphatic carboxylic acids is 1. The van der Waals surface area contributed by atoms with E-state index in [1.807, 2.05) is 5.38 Å². The number of amides is 2. The predicted molar refractivity (Wildman–Crippen MR) is 75.8 cm³/mol. The van der Waals surface area contributed by atoms with Crippen LogP contribution in [0.5, 0.6) is 0 Å². The van der Waals surface area contributed by atoms with Gasteiger partial charge in [-0.2, -0.15) is 5.06 Å². The summed E-state index contributed by atoms with van der Waals surface area (Å²) in [5.74, 6) is -3.70. The molecular formula is C14H13N2NaO7S. The number of ether oxygens (including phenoxy) is 1. The van der Waals surface area contributed by atoms with Crippen molar-refractivity contribution >= 4 is 35.1 Å². The van der Waals surface area contributed by atoms with Crippen LogP contribution in [0.4, 0.5) is 0 Å². The molecule has 9 nitrogen and oxygen atoms in total. The molecule has 25 heavy (non-hydrogen) atoms. The first kappa shape index (κ1) is 19.9. The van der Waals surface area contributed by atoms with E-state index in [0.29, 0.717) is 5.06 Å². The zero-order chi connectivity index (χ0) is 17.3. The van der Waals surface area contributed by atoms with Gasteiger partial charge >= 0.3 is 35.5 Å². The number of hydrogen-bond acceptors (Lipinski definition) is 8. The quantitative estimate of drug-likeness (QED) is 0.405. The van der Waals surface area contributed by atoms with Gasteiger partial charge in [0.1, 0.15) is 18.6 Å². The van der Waals surface area contributed by atoms with Crippen LogP contribution < -0.4 is 40.0 Å². The van der Waals surface area contributed by atoms with Crippen LogP contribution in [0.25, 0.3) is 0 Å². The Morgan fingerprint density at radius 1 is 1.44 bits per heavy atom. The molecule has 2 aliphatic rings. The van der Waals surface area contributed by atoms with Crippen molar-refractivity contribution in [2.45, 2.75) is 31.0 Å². The molecule has 1 aromatic rings. The normalized spacial score (nSPS) is 25.4. The van der Waals surface area contributed by atoms with Crippen LogP contribution in [0, 0.1) is 0 Å². The van der Waals surface area contributed by atoms with Gasteiger partial charge in [-0.1, -0.05) is 6.07 Å². The first-order valence-corrected chi connectivity index (χ1v) is 8.02. The van der Waals surface area contributed by atoms with Gasteiger partial charge in [-0.15, -0.1) is 11.3 Å². The molecule has 0 aromatic carbocycles. The van der Waals surface area contributed by atoms with Crippen molar-refractivity contribution in [2.75, 3.05) is 6.61 Å². The van der Waals surface area contributed by atoms with Crippen molar-refractivity contribution in [1.29, 1.82) is 0 Å². The first-order valence-electron chi connectivity index (χ1n) is 7.14. The summed E-state index contributed by atoms with van der Waals surface area (Å²) >= 11 is 1.40. The van der Waals surface area contributed by atoms with E-state index in [1.54, 1.807) is 12.1 Å². The number of carbonyl (C=O) groups is 4. The maximum absolute atomic E-state index is 12.4. The fraction of sp³-hybridized carbons (Fsp3) is 0.429. The summed E-state index contributed by atoms with van der Waals surface area (Å²) in [6, 6.07) is 2.54. The van der Waals surface area contributed by atoms with E-state index in [0.717, 1.165) is 4.88 Å². The van der Waals surface area contributed by atoms with Crippen LogP contribution in [0.1, 0.15) is 17.7 Å². The largest absolute Gasteiger partial charge is 1.00 e. The minimum absolute atomic E-state index is 0. The van der Waals surface area contributed by atoms with Crippen LogP contribution in [-0.2, 0) is 35.2 Å². The fourth-order valence-electron chi connectivity index (χ4n) is 2.56. The van der Waals surface area contributed by atoms with Gasteiger partial charge in [0.15, 0.2) is 0 Å². The van der Waals surface area contributed by atoms with Crippen molar-refractivity contribution in [2.24, 2.45) is 0 Å². The molecule has 3 rings (SSSR count). The van der Waals surface area contributed by atoms with Crippen LogP contribution in [0.2, 0.25) is 0 Å². The molecule has 0 spiro atoms. The van der Waals surface area contributed by atoms with Gasteiger partial charge in [-0.05, 0) is 11.4 Å². The molecule has 11 heteroatoms. The van der Waals surface area contributed by atoms with Gasteiger partial charge in [0.25, 0.3) is 11.6 Å². The smallest absolute Gasteiger partial charge is 0.544 e. The average Bonchev–Trinajstić information content (AvgIpc) is 3.22. The summed E-state index contributed by atoms with van der Waals surface area (Å²) in [5.41, 5.74) is -2.28. The van der Waals surface area contributed by atoms with Crippen molar-refractivity contribution < 1.29 is 63.4 Å². The molecule has 1 aromatic heterocycles. The molecule has 0 saturated carbocycles. The summed E-state index contributed by atoms with van der Waals surface area (Å²) < 4.78 is 4.77. The maximum Gasteiger partial charge on any atom is 1.00 e. The number of carboxylic acid groups (broad SMARTS) is 1. The second kappa shape index (κ2) is 7.83. The third-order valence-corrected chi connectivity index (χ3v) is 4.59. The van der Waals surface area contributed by atoms with Gasteiger partial charge < -0.3 is 20.0 Å². The number of thiophene rings is 1. The number of hydroxylamine groups is 2. The zero-order valence-corrected chi connectivity index (χ0v) is 16.2. The number of rotatable bonds is 5. The Kier molecular flexibility index (Phi) is 6.22. The Bertz CT molecular complexity index is 695. The molecule has 2 aliphatic heterocycles. The Morgan fingerprint density at radius 3 is 2.76 bits per heavy atom. The Labute approximate surface area is 168 Å². The van der Waals surface area contributed by atoms with Crippen molar-refractivity contribution in [3.8, 4) is 0 Å². The number of carboxylic acids is 1. The topological polar surface area (TPSA) is 125 Å². The summed E-state index contributed by atoms with van der Waals surface area (Å²) in [7, 11) is 0. The summed E-state index contributed by atoms with van der Waals surface area (Å²) in [4.78, 5) is 52.9. The number of esters is 1. The Balaban J connectivity index is 0.00000225. The first-order chi connectivity index (χ1) is 11.4. The molecule has 2 saturated heterocycles. The molecule has 1 unspecified atom stereocenters. The van der Waals surface area contributed by atoms with E-state index in [2.05, 4.69) is 5.32 Å². The summed E-state index contributed by atoms with van der Waals surface area (Å²) in [5, 5.41) is 16.2. The van der Waals surface area contributed by atoms with Crippen molar-refractivity contribution in [1.82, 2.24) is 10.4 Å². The van der Waals surface area contributed by atoms with E-state index >= 15 is 0 Å². The van der Waals surface area contributed by atoms with Crippen molar-refractivity contribution in [3.05, 3.63) is 22.4 Å². The molecule has 2 fully saturated rings. The van der Waals surface area contributed by atoms with Crippen LogP contribution in [0.3, 0.4) is 0 Å². The van der Waals surface area contributed by atoms with Crippen LogP contribution in [0.15, 0.2) is 17.5 Å². The van der Waals surface area contributed by atoms with Gasteiger partial charge in [0.05, 0.1) is 12.8 Å². The van der Waals surface area contributed by atoms with E-state index < -0.39 is 35.5 Å². The van der Waals surface area contributed by atoms with Crippen LogP contribution >= 0.6 is 11.3 Å².